The van der Waals surface area contributed by atoms with E-state index in [4.69, 9.17) is 0 Å². The van der Waals surface area contributed by atoms with E-state index in [0.29, 0.717) is 12.6 Å². The molecular weight excluding hydrogens is 407 g/mol. The van der Waals surface area contributed by atoms with Crippen molar-refractivity contribution in [1.29, 1.82) is 0 Å². The normalized spacial score (nSPS) is 22.9. The van der Waals surface area contributed by atoms with Crippen LogP contribution >= 0.6 is 12.4 Å². The maximum absolute atomic E-state index is 12.8. The SMILES string of the molecule is Cl.O=C(CNS(=O)(=O)c1cccc(C(F)(F)F)c1)N1C2CCNCC1CC2. The van der Waals surface area contributed by atoms with Gasteiger partial charge in [-0.05, 0) is 44.0 Å². The van der Waals surface area contributed by atoms with Crippen LogP contribution in [0.4, 0.5) is 13.2 Å². The Kier molecular flexibility index (Phi) is 6.77. The lowest BCUT2D eigenvalue weighted by Crippen LogP contribution is -2.47. The Morgan fingerprint density at radius 2 is 1.93 bits per heavy atom. The van der Waals surface area contributed by atoms with Crippen LogP contribution in [-0.4, -0.2) is 50.9 Å². The molecule has 2 N–H and O–H groups in total. The third-order valence-corrected chi connectivity index (χ3v) is 6.23. The number of halogens is 4. The molecule has 1 amide bonds. The van der Waals surface area contributed by atoms with Crippen LogP contribution in [0, 0.1) is 0 Å². The topological polar surface area (TPSA) is 78.5 Å². The predicted molar refractivity (Wildman–Crippen MR) is 95.0 cm³/mol. The van der Waals surface area contributed by atoms with Gasteiger partial charge in [-0.15, -0.1) is 12.4 Å². The molecule has 2 atom stereocenters. The van der Waals surface area contributed by atoms with Crippen LogP contribution in [0.25, 0.3) is 0 Å². The van der Waals surface area contributed by atoms with Crippen molar-refractivity contribution in [3.63, 3.8) is 0 Å². The number of carbonyl (C=O) groups is 1. The summed E-state index contributed by atoms with van der Waals surface area (Å²) in [4.78, 5) is 13.7. The summed E-state index contributed by atoms with van der Waals surface area (Å²) in [5.41, 5.74) is -1.05. The molecule has 27 heavy (non-hydrogen) atoms. The van der Waals surface area contributed by atoms with Gasteiger partial charge in [0.25, 0.3) is 0 Å². The summed E-state index contributed by atoms with van der Waals surface area (Å²) in [6.07, 6.45) is -2.08. The molecule has 2 heterocycles. The molecule has 0 spiro atoms. The maximum atomic E-state index is 12.8. The Morgan fingerprint density at radius 1 is 1.22 bits per heavy atom. The van der Waals surface area contributed by atoms with E-state index in [-0.39, 0.29) is 30.4 Å². The molecule has 1 aromatic carbocycles. The summed E-state index contributed by atoms with van der Waals surface area (Å²) < 4.78 is 65.0. The number of carbonyl (C=O) groups excluding carboxylic acids is 1. The summed E-state index contributed by atoms with van der Waals surface area (Å²) in [5, 5.41) is 3.24. The van der Waals surface area contributed by atoms with Crippen LogP contribution < -0.4 is 10.0 Å². The fraction of sp³-hybridized carbons (Fsp3) is 0.562. The first-order valence-corrected chi connectivity index (χ1v) is 9.85. The lowest BCUT2D eigenvalue weighted by Gasteiger charge is -2.28. The van der Waals surface area contributed by atoms with Crippen LogP contribution in [-0.2, 0) is 21.0 Å². The largest absolute Gasteiger partial charge is 0.416 e. The Morgan fingerprint density at radius 3 is 2.63 bits per heavy atom. The Balaban J connectivity index is 0.00000261. The zero-order chi connectivity index (χ0) is 18.9. The third-order valence-electron chi connectivity index (χ3n) is 4.83. The van der Waals surface area contributed by atoms with Gasteiger partial charge in [0.2, 0.25) is 15.9 Å². The van der Waals surface area contributed by atoms with Crippen LogP contribution in [0.5, 0.6) is 0 Å². The maximum Gasteiger partial charge on any atom is 0.416 e. The molecule has 2 saturated heterocycles. The van der Waals surface area contributed by atoms with Crippen molar-refractivity contribution in [2.75, 3.05) is 19.6 Å². The molecular formula is C16H21ClF3N3O3S. The second-order valence-corrected chi connectivity index (χ2v) is 8.30. The Bertz CT molecular complexity index is 775. The fourth-order valence-electron chi connectivity index (χ4n) is 3.56. The van der Waals surface area contributed by atoms with Crippen LogP contribution in [0.2, 0.25) is 0 Å². The Labute approximate surface area is 162 Å². The number of benzene rings is 1. The molecule has 152 valence electrons. The van der Waals surface area contributed by atoms with Crippen molar-refractivity contribution in [2.45, 2.75) is 42.4 Å². The molecule has 2 aliphatic heterocycles. The first kappa shape index (κ1) is 21.9. The lowest BCUT2D eigenvalue weighted by atomic mass is 10.1. The van der Waals surface area contributed by atoms with Gasteiger partial charge >= 0.3 is 6.18 Å². The molecule has 6 nitrogen and oxygen atoms in total. The van der Waals surface area contributed by atoms with Crippen molar-refractivity contribution >= 4 is 28.3 Å². The average molecular weight is 428 g/mol. The number of amides is 1. The zero-order valence-electron chi connectivity index (χ0n) is 14.3. The van der Waals surface area contributed by atoms with Crippen LogP contribution in [0.15, 0.2) is 29.2 Å². The molecule has 2 bridgehead atoms. The molecule has 2 unspecified atom stereocenters. The van der Waals surface area contributed by atoms with Gasteiger partial charge in [0, 0.05) is 18.6 Å². The molecule has 2 fully saturated rings. The number of rotatable bonds is 4. The van der Waals surface area contributed by atoms with Crippen LogP contribution in [0.1, 0.15) is 24.8 Å². The summed E-state index contributed by atoms with van der Waals surface area (Å²) in [6, 6.07) is 3.58. The summed E-state index contributed by atoms with van der Waals surface area (Å²) >= 11 is 0. The van der Waals surface area contributed by atoms with Gasteiger partial charge in [-0.25, -0.2) is 13.1 Å². The molecule has 1 aromatic rings. The lowest BCUT2D eigenvalue weighted by molar-refractivity contribution is -0.137. The number of sulfonamides is 1. The second-order valence-electron chi connectivity index (χ2n) is 6.53. The standard InChI is InChI=1S/C16H20F3N3O3S.ClH/c17-16(18,19)11-2-1-3-14(8-11)26(24,25)21-10-15(23)22-12-4-5-13(22)9-20-7-6-12;/h1-3,8,12-13,20-21H,4-7,9-10H2;1H. The van der Waals surface area contributed by atoms with Crippen molar-refractivity contribution in [1.82, 2.24) is 14.9 Å². The average Bonchev–Trinajstić information content (AvgIpc) is 2.85. The van der Waals surface area contributed by atoms with E-state index in [1.165, 1.54) is 0 Å². The first-order valence-electron chi connectivity index (χ1n) is 8.37. The fourth-order valence-corrected chi connectivity index (χ4v) is 4.58. The van der Waals surface area contributed by atoms with Gasteiger partial charge in [-0.1, -0.05) is 6.07 Å². The number of fused-ring (bicyclic) bond motifs is 2. The third kappa shape index (κ3) is 4.92. The van der Waals surface area contributed by atoms with Crippen molar-refractivity contribution in [3.8, 4) is 0 Å². The highest BCUT2D eigenvalue weighted by Crippen LogP contribution is 2.30. The molecule has 0 radical (unpaired) electrons. The minimum Gasteiger partial charge on any atom is -0.334 e. The quantitative estimate of drug-likeness (QED) is 0.767. The smallest absolute Gasteiger partial charge is 0.334 e. The highest BCUT2D eigenvalue weighted by atomic mass is 35.5. The molecule has 0 aliphatic carbocycles. The summed E-state index contributed by atoms with van der Waals surface area (Å²) in [5.74, 6) is -0.350. The van der Waals surface area contributed by atoms with Crippen LogP contribution in [0.3, 0.4) is 0 Å². The first-order chi connectivity index (χ1) is 12.2. The second kappa shape index (κ2) is 8.34. The van der Waals surface area contributed by atoms with E-state index in [2.05, 4.69) is 10.0 Å². The van der Waals surface area contributed by atoms with E-state index in [9.17, 15) is 26.4 Å². The minimum absolute atomic E-state index is 0. The monoisotopic (exact) mass is 427 g/mol. The highest BCUT2D eigenvalue weighted by Gasteiger charge is 2.38. The predicted octanol–water partition coefficient (Wildman–Crippen LogP) is 1.76. The molecule has 11 heteroatoms. The van der Waals surface area contributed by atoms with Crippen molar-refractivity contribution in [3.05, 3.63) is 29.8 Å². The molecule has 0 aromatic heterocycles. The number of hydrogen-bond acceptors (Lipinski definition) is 4. The summed E-state index contributed by atoms with van der Waals surface area (Å²) in [7, 11) is -4.21. The van der Waals surface area contributed by atoms with Gasteiger partial charge in [0.15, 0.2) is 0 Å². The summed E-state index contributed by atoms with van der Waals surface area (Å²) in [6.45, 7) is 1.01. The van der Waals surface area contributed by atoms with Crippen molar-refractivity contribution in [2.24, 2.45) is 0 Å². The van der Waals surface area contributed by atoms with Crippen molar-refractivity contribution < 1.29 is 26.4 Å². The van der Waals surface area contributed by atoms with E-state index in [0.717, 1.165) is 44.0 Å². The van der Waals surface area contributed by atoms with Gasteiger partial charge in [-0.3, -0.25) is 4.79 Å². The molecule has 3 rings (SSSR count). The van der Waals surface area contributed by atoms with E-state index < -0.39 is 33.2 Å². The number of alkyl halides is 3. The van der Waals surface area contributed by atoms with E-state index >= 15 is 0 Å². The molecule has 0 saturated carbocycles. The minimum atomic E-state index is -4.64. The number of hydrogen-bond donors (Lipinski definition) is 2. The Hall–Kier alpha value is -1.36. The van der Waals surface area contributed by atoms with Gasteiger partial charge in [0.1, 0.15) is 0 Å². The number of nitrogens with one attached hydrogen (secondary N) is 2. The van der Waals surface area contributed by atoms with E-state index in [1.54, 1.807) is 4.90 Å². The van der Waals surface area contributed by atoms with Gasteiger partial charge in [0.05, 0.1) is 17.0 Å². The zero-order valence-corrected chi connectivity index (χ0v) is 16.0. The number of nitrogens with zero attached hydrogens (tertiary/aromatic N) is 1. The highest BCUT2D eigenvalue weighted by molar-refractivity contribution is 7.89. The van der Waals surface area contributed by atoms with Gasteiger partial charge in [-0.2, -0.15) is 13.2 Å². The van der Waals surface area contributed by atoms with Gasteiger partial charge < -0.3 is 10.2 Å². The van der Waals surface area contributed by atoms with E-state index in [1.807, 2.05) is 0 Å². The molecule has 2 aliphatic rings.